The molecule has 1 atom stereocenters. The summed E-state index contributed by atoms with van der Waals surface area (Å²) in [6, 6.07) is 13.1. The van der Waals surface area contributed by atoms with Gasteiger partial charge in [0.1, 0.15) is 11.6 Å². The molecule has 0 saturated heterocycles. The highest BCUT2D eigenvalue weighted by molar-refractivity contribution is 5.82. The standard InChI is InChI=1S/C18H14FN3O2/c19-13-4-1-11-2-6-17(15(11)10-13)21-18-8-3-12-9-14(22(23)24)5-7-16(12)20-18/h1,3-5,7-10,17H,2,6H2,(H,20,21). The Morgan fingerprint density at radius 1 is 1.17 bits per heavy atom. The third kappa shape index (κ3) is 2.56. The van der Waals surface area contributed by atoms with E-state index in [1.54, 1.807) is 24.3 Å². The second-order valence-electron chi connectivity index (χ2n) is 5.91. The molecule has 2 aromatic carbocycles. The number of nitrogens with one attached hydrogen (secondary N) is 1. The van der Waals surface area contributed by atoms with Gasteiger partial charge in [-0.05, 0) is 54.3 Å². The van der Waals surface area contributed by atoms with Crippen molar-refractivity contribution in [1.82, 2.24) is 4.98 Å². The van der Waals surface area contributed by atoms with E-state index in [9.17, 15) is 14.5 Å². The molecule has 120 valence electrons. The van der Waals surface area contributed by atoms with Gasteiger partial charge in [-0.3, -0.25) is 10.1 Å². The van der Waals surface area contributed by atoms with Crippen molar-refractivity contribution < 1.29 is 9.31 Å². The molecule has 5 nitrogen and oxygen atoms in total. The van der Waals surface area contributed by atoms with E-state index in [-0.39, 0.29) is 17.5 Å². The monoisotopic (exact) mass is 323 g/mol. The molecule has 0 amide bonds. The van der Waals surface area contributed by atoms with E-state index in [2.05, 4.69) is 10.3 Å². The zero-order valence-electron chi connectivity index (χ0n) is 12.7. The molecule has 0 bridgehead atoms. The Balaban J connectivity index is 1.63. The molecule has 1 aromatic heterocycles. The topological polar surface area (TPSA) is 68.1 Å². The maximum Gasteiger partial charge on any atom is 0.270 e. The predicted molar refractivity (Wildman–Crippen MR) is 89.5 cm³/mol. The molecule has 1 aliphatic carbocycles. The average molecular weight is 323 g/mol. The minimum atomic E-state index is -0.421. The minimum Gasteiger partial charge on any atom is -0.363 e. The van der Waals surface area contributed by atoms with Gasteiger partial charge < -0.3 is 5.32 Å². The van der Waals surface area contributed by atoms with Gasteiger partial charge in [-0.2, -0.15) is 0 Å². The highest BCUT2D eigenvalue weighted by atomic mass is 19.1. The van der Waals surface area contributed by atoms with Crippen LogP contribution in [0.15, 0.2) is 48.5 Å². The summed E-state index contributed by atoms with van der Waals surface area (Å²) in [5.41, 5.74) is 2.86. The van der Waals surface area contributed by atoms with E-state index < -0.39 is 4.92 Å². The number of pyridine rings is 1. The molecule has 4 rings (SSSR count). The summed E-state index contributed by atoms with van der Waals surface area (Å²) in [5.74, 6) is 0.444. The third-order valence-electron chi connectivity index (χ3n) is 4.39. The summed E-state index contributed by atoms with van der Waals surface area (Å²) < 4.78 is 13.5. The summed E-state index contributed by atoms with van der Waals surface area (Å²) in [7, 11) is 0. The van der Waals surface area contributed by atoms with Gasteiger partial charge in [0.15, 0.2) is 0 Å². The third-order valence-corrected chi connectivity index (χ3v) is 4.39. The molecular formula is C18H14FN3O2. The molecule has 0 radical (unpaired) electrons. The van der Waals surface area contributed by atoms with Crippen LogP contribution in [-0.2, 0) is 6.42 Å². The number of aromatic nitrogens is 1. The number of rotatable bonds is 3. The molecule has 1 N–H and O–H groups in total. The number of anilines is 1. The van der Waals surface area contributed by atoms with Crippen molar-refractivity contribution in [3.8, 4) is 0 Å². The summed E-state index contributed by atoms with van der Waals surface area (Å²) in [4.78, 5) is 14.9. The van der Waals surface area contributed by atoms with Gasteiger partial charge in [0.2, 0.25) is 0 Å². The Kier molecular flexibility index (Phi) is 3.37. The Labute approximate surface area is 137 Å². The van der Waals surface area contributed by atoms with Crippen molar-refractivity contribution in [1.29, 1.82) is 0 Å². The van der Waals surface area contributed by atoms with E-state index in [1.165, 1.54) is 18.2 Å². The fourth-order valence-electron chi connectivity index (χ4n) is 3.21. The van der Waals surface area contributed by atoms with Crippen molar-refractivity contribution in [2.45, 2.75) is 18.9 Å². The van der Waals surface area contributed by atoms with Crippen LogP contribution in [0.4, 0.5) is 15.9 Å². The number of hydrogen-bond donors (Lipinski definition) is 1. The second-order valence-corrected chi connectivity index (χ2v) is 5.91. The number of halogens is 1. The summed E-state index contributed by atoms with van der Waals surface area (Å²) in [6.45, 7) is 0. The Morgan fingerprint density at radius 3 is 2.88 bits per heavy atom. The van der Waals surface area contributed by atoms with Crippen molar-refractivity contribution in [2.75, 3.05) is 5.32 Å². The van der Waals surface area contributed by atoms with Crippen LogP contribution in [0.2, 0.25) is 0 Å². The molecule has 6 heteroatoms. The SMILES string of the molecule is O=[N+]([O-])c1ccc2nc(NC3CCc4ccc(F)cc43)ccc2c1. The first-order chi connectivity index (χ1) is 11.6. The lowest BCUT2D eigenvalue weighted by Crippen LogP contribution is -2.08. The van der Waals surface area contributed by atoms with E-state index >= 15 is 0 Å². The largest absolute Gasteiger partial charge is 0.363 e. The Bertz CT molecular complexity index is 958. The normalized spacial score (nSPS) is 16.1. The summed E-state index contributed by atoms with van der Waals surface area (Å²) in [5, 5.41) is 14.9. The molecular weight excluding hydrogens is 309 g/mol. The van der Waals surface area contributed by atoms with Crippen LogP contribution in [0.1, 0.15) is 23.6 Å². The van der Waals surface area contributed by atoms with E-state index in [1.807, 2.05) is 6.07 Å². The smallest absolute Gasteiger partial charge is 0.270 e. The highest BCUT2D eigenvalue weighted by Gasteiger charge is 2.23. The first kappa shape index (κ1) is 14.6. The van der Waals surface area contributed by atoms with Gasteiger partial charge in [0.05, 0.1) is 16.5 Å². The van der Waals surface area contributed by atoms with Crippen LogP contribution in [0, 0.1) is 15.9 Å². The van der Waals surface area contributed by atoms with Crippen LogP contribution in [0.25, 0.3) is 10.9 Å². The highest BCUT2D eigenvalue weighted by Crippen LogP contribution is 2.34. The number of non-ortho nitro benzene ring substituents is 1. The van der Waals surface area contributed by atoms with E-state index in [0.717, 1.165) is 24.0 Å². The van der Waals surface area contributed by atoms with Gasteiger partial charge in [-0.15, -0.1) is 0 Å². The van der Waals surface area contributed by atoms with Gasteiger partial charge >= 0.3 is 0 Å². The summed E-state index contributed by atoms with van der Waals surface area (Å²) in [6.07, 6.45) is 1.80. The fourth-order valence-corrected chi connectivity index (χ4v) is 3.21. The molecule has 24 heavy (non-hydrogen) atoms. The van der Waals surface area contributed by atoms with Gasteiger partial charge in [0.25, 0.3) is 5.69 Å². The number of fused-ring (bicyclic) bond motifs is 2. The van der Waals surface area contributed by atoms with Crippen LogP contribution >= 0.6 is 0 Å². The molecule has 1 unspecified atom stereocenters. The Morgan fingerprint density at radius 2 is 2.04 bits per heavy atom. The lowest BCUT2D eigenvalue weighted by atomic mass is 10.1. The van der Waals surface area contributed by atoms with E-state index in [0.29, 0.717) is 16.7 Å². The van der Waals surface area contributed by atoms with Gasteiger partial charge in [0, 0.05) is 17.5 Å². The molecule has 0 spiro atoms. The van der Waals surface area contributed by atoms with Crippen molar-refractivity contribution >= 4 is 22.4 Å². The molecule has 1 heterocycles. The minimum absolute atomic E-state index is 0.0266. The van der Waals surface area contributed by atoms with E-state index in [4.69, 9.17) is 0 Å². The number of nitro benzene ring substituents is 1. The van der Waals surface area contributed by atoms with Crippen molar-refractivity contribution in [2.24, 2.45) is 0 Å². The number of nitro groups is 1. The first-order valence-electron chi connectivity index (χ1n) is 7.70. The maximum atomic E-state index is 13.5. The number of aryl methyl sites for hydroxylation is 1. The molecule has 0 aliphatic heterocycles. The molecule has 0 saturated carbocycles. The van der Waals surface area contributed by atoms with Crippen molar-refractivity contribution in [3.63, 3.8) is 0 Å². The summed E-state index contributed by atoms with van der Waals surface area (Å²) >= 11 is 0. The molecule has 0 fully saturated rings. The fraction of sp³-hybridized carbons (Fsp3) is 0.167. The quantitative estimate of drug-likeness (QED) is 0.573. The molecule has 3 aromatic rings. The molecule has 1 aliphatic rings. The predicted octanol–water partition coefficient (Wildman–Crippen LogP) is 4.38. The van der Waals surface area contributed by atoms with Gasteiger partial charge in [-0.1, -0.05) is 6.07 Å². The zero-order valence-corrected chi connectivity index (χ0v) is 12.7. The van der Waals surface area contributed by atoms with Crippen LogP contribution in [0.3, 0.4) is 0 Å². The second kappa shape index (κ2) is 5.56. The lowest BCUT2D eigenvalue weighted by molar-refractivity contribution is -0.384. The van der Waals surface area contributed by atoms with Crippen LogP contribution in [0.5, 0.6) is 0 Å². The van der Waals surface area contributed by atoms with Gasteiger partial charge in [-0.25, -0.2) is 9.37 Å². The van der Waals surface area contributed by atoms with Crippen LogP contribution < -0.4 is 5.32 Å². The number of nitrogens with zero attached hydrogens (tertiary/aromatic N) is 2. The van der Waals surface area contributed by atoms with Crippen LogP contribution in [-0.4, -0.2) is 9.91 Å². The first-order valence-corrected chi connectivity index (χ1v) is 7.70. The number of benzene rings is 2. The Hall–Kier alpha value is -3.02. The average Bonchev–Trinajstić information content (AvgIpc) is 2.96. The lowest BCUT2D eigenvalue weighted by Gasteiger charge is -2.15. The number of hydrogen-bond acceptors (Lipinski definition) is 4. The van der Waals surface area contributed by atoms with Crippen molar-refractivity contribution in [3.05, 3.63) is 75.6 Å². The zero-order chi connectivity index (χ0) is 16.7. The maximum absolute atomic E-state index is 13.5.